The number of carbonyl (C=O) groups is 3. The lowest BCUT2D eigenvalue weighted by Gasteiger charge is -2.09. The highest BCUT2D eigenvalue weighted by Crippen LogP contribution is 2.22. The first-order chi connectivity index (χ1) is 12.8. The molecule has 0 saturated carbocycles. The highest BCUT2D eigenvalue weighted by molar-refractivity contribution is 6.04. The van der Waals surface area contributed by atoms with Crippen molar-refractivity contribution >= 4 is 34.3 Å². The number of aryl methyl sites for hydroxylation is 2. The van der Waals surface area contributed by atoms with Gasteiger partial charge in [-0.3, -0.25) is 9.59 Å². The van der Waals surface area contributed by atoms with Crippen molar-refractivity contribution in [2.45, 2.75) is 20.8 Å². The minimum Gasteiger partial charge on any atom is -0.451 e. The number of benzene rings is 2. The van der Waals surface area contributed by atoms with Crippen LogP contribution >= 0.6 is 0 Å². The van der Waals surface area contributed by atoms with Gasteiger partial charge in [-0.05, 0) is 56.2 Å². The summed E-state index contributed by atoms with van der Waals surface area (Å²) in [5.74, 6) is -1.29. The molecule has 0 saturated heterocycles. The molecular formula is C21H20N2O4. The van der Waals surface area contributed by atoms with E-state index in [1.54, 1.807) is 30.3 Å². The van der Waals surface area contributed by atoms with Crippen molar-refractivity contribution in [1.29, 1.82) is 0 Å². The van der Waals surface area contributed by atoms with Crippen LogP contribution in [0.15, 0.2) is 42.5 Å². The minimum atomic E-state index is -0.613. The van der Waals surface area contributed by atoms with Crippen molar-refractivity contribution in [2.24, 2.45) is 0 Å². The Hall–Kier alpha value is -3.41. The van der Waals surface area contributed by atoms with Crippen LogP contribution in [0.1, 0.15) is 38.9 Å². The first kappa shape index (κ1) is 18.4. The average molecular weight is 364 g/mol. The maximum atomic E-state index is 12.3. The molecule has 0 aliphatic rings. The van der Waals surface area contributed by atoms with Gasteiger partial charge in [-0.1, -0.05) is 18.2 Å². The van der Waals surface area contributed by atoms with E-state index in [1.807, 2.05) is 26.0 Å². The molecule has 0 atom stereocenters. The van der Waals surface area contributed by atoms with Crippen LogP contribution < -0.4 is 5.32 Å². The molecule has 0 spiro atoms. The lowest BCUT2D eigenvalue weighted by Crippen LogP contribution is -2.22. The van der Waals surface area contributed by atoms with Crippen LogP contribution in [-0.2, 0) is 9.53 Å². The Morgan fingerprint density at radius 3 is 2.56 bits per heavy atom. The number of fused-ring (bicyclic) bond motifs is 1. The zero-order valence-electron chi connectivity index (χ0n) is 15.4. The van der Waals surface area contributed by atoms with E-state index in [4.69, 9.17) is 4.74 Å². The van der Waals surface area contributed by atoms with Gasteiger partial charge in [0.2, 0.25) is 0 Å². The number of ether oxygens (including phenoxy) is 1. The number of aromatic nitrogens is 1. The van der Waals surface area contributed by atoms with Gasteiger partial charge in [0.05, 0.1) is 5.69 Å². The predicted molar refractivity (Wildman–Crippen MR) is 103 cm³/mol. The number of ketones is 1. The smallest absolute Gasteiger partial charge is 0.355 e. The molecule has 0 aliphatic heterocycles. The Morgan fingerprint density at radius 1 is 1.07 bits per heavy atom. The van der Waals surface area contributed by atoms with Gasteiger partial charge in [0.25, 0.3) is 5.91 Å². The number of hydrogen-bond acceptors (Lipinski definition) is 4. The molecular weight excluding hydrogens is 344 g/mol. The van der Waals surface area contributed by atoms with E-state index < -0.39 is 18.5 Å². The van der Waals surface area contributed by atoms with Crippen molar-refractivity contribution in [3.05, 3.63) is 64.8 Å². The number of nitrogens with one attached hydrogen (secondary N) is 2. The third-order valence-electron chi connectivity index (χ3n) is 4.22. The molecule has 1 aromatic heterocycles. The van der Waals surface area contributed by atoms with Gasteiger partial charge in [0, 0.05) is 16.5 Å². The van der Waals surface area contributed by atoms with E-state index in [0.29, 0.717) is 11.3 Å². The van der Waals surface area contributed by atoms with Crippen molar-refractivity contribution in [1.82, 2.24) is 4.98 Å². The molecule has 0 fully saturated rings. The quantitative estimate of drug-likeness (QED) is 0.533. The number of aromatic amines is 1. The number of H-pyrrole nitrogens is 1. The van der Waals surface area contributed by atoms with Crippen molar-refractivity contribution in [2.75, 3.05) is 11.9 Å². The summed E-state index contributed by atoms with van der Waals surface area (Å²) in [6.07, 6.45) is 0. The van der Waals surface area contributed by atoms with Crippen molar-refractivity contribution in [3.63, 3.8) is 0 Å². The molecule has 0 radical (unpaired) electrons. The molecule has 27 heavy (non-hydrogen) atoms. The van der Waals surface area contributed by atoms with E-state index in [2.05, 4.69) is 10.3 Å². The molecule has 0 unspecified atom stereocenters. The zero-order valence-corrected chi connectivity index (χ0v) is 15.4. The van der Waals surface area contributed by atoms with Gasteiger partial charge >= 0.3 is 5.97 Å². The van der Waals surface area contributed by atoms with Gasteiger partial charge in [0.15, 0.2) is 12.4 Å². The van der Waals surface area contributed by atoms with Gasteiger partial charge in [-0.25, -0.2) is 4.79 Å². The average Bonchev–Trinajstić information content (AvgIpc) is 3.04. The molecule has 0 bridgehead atoms. The Morgan fingerprint density at radius 2 is 1.81 bits per heavy atom. The van der Waals surface area contributed by atoms with Gasteiger partial charge in [-0.15, -0.1) is 0 Å². The zero-order chi connectivity index (χ0) is 19.6. The van der Waals surface area contributed by atoms with Crippen LogP contribution in [0, 0.1) is 13.8 Å². The van der Waals surface area contributed by atoms with E-state index in [0.717, 1.165) is 22.0 Å². The second-order valence-corrected chi connectivity index (χ2v) is 6.45. The highest BCUT2D eigenvalue weighted by atomic mass is 16.5. The van der Waals surface area contributed by atoms with Gasteiger partial charge in [-0.2, -0.15) is 0 Å². The van der Waals surface area contributed by atoms with Crippen LogP contribution in [0.5, 0.6) is 0 Å². The van der Waals surface area contributed by atoms with E-state index in [-0.39, 0.29) is 11.5 Å². The summed E-state index contributed by atoms with van der Waals surface area (Å²) in [5, 5.41) is 3.53. The molecule has 6 nitrogen and oxygen atoms in total. The summed E-state index contributed by atoms with van der Waals surface area (Å²) in [4.78, 5) is 39.0. The van der Waals surface area contributed by atoms with Crippen LogP contribution in [-0.4, -0.2) is 29.3 Å². The lowest BCUT2D eigenvalue weighted by atomic mass is 10.1. The number of hydrogen-bond donors (Lipinski definition) is 2. The molecule has 2 N–H and O–H groups in total. The summed E-state index contributed by atoms with van der Waals surface area (Å²) < 4.78 is 5.09. The van der Waals surface area contributed by atoms with Crippen LogP contribution in [0.4, 0.5) is 5.69 Å². The van der Waals surface area contributed by atoms with Crippen LogP contribution in [0.25, 0.3) is 10.9 Å². The Kier molecular flexibility index (Phi) is 5.07. The summed E-state index contributed by atoms with van der Waals surface area (Å²) in [7, 11) is 0. The first-order valence-corrected chi connectivity index (χ1v) is 8.52. The standard InChI is InChI=1S/C21H20N2O4/c1-12-8-13(2)16-10-19(22-18(16)9-12)21(26)27-11-20(25)23-17-7-5-4-6-15(17)14(3)24/h4-10,22H,11H2,1-3H3,(H,23,25). The topological polar surface area (TPSA) is 88.3 Å². The number of carbonyl (C=O) groups excluding carboxylic acids is 3. The monoisotopic (exact) mass is 364 g/mol. The number of Topliss-reactive ketones (excluding diaryl/α,β-unsaturated/α-hetero) is 1. The summed E-state index contributed by atoms with van der Waals surface area (Å²) in [5.41, 5.74) is 4.07. The number of anilines is 1. The Balaban J connectivity index is 1.66. The third kappa shape index (κ3) is 4.06. The van der Waals surface area contributed by atoms with Crippen LogP contribution in [0.3, 0.4) is 0 Å². The fraction of sp³-hybridized carbons (Fsp3) is 0.190. The van der Waals surface area contributed by atoms with Crippen molar-refractivity contribution in [3.8, 4) is 0 Å². The maximum absolute atomic E-state index is 12.3. The third-order valence-corrected chi connectivity index (χ3v) is 4.22. The Bertz CT molecular complexity index is 1050. The second-order valence-electron chi connectivity index (χ2n) is 6.45. The normalized spacial score (nSPS) is 10.6. The molecule has 3 aromatic rings. The number of para-hydroxylation sites is 1. The number of amides is 1. The van der Waals surface area contributed by atoms with Gasteiger partial charge in [0.1, 0.15) is 5.69 Å². The number of esters is 1. The van der Waals surface area contributed by atoms with E-state index in [1.165, 1.54) is 6.92 Å². The Labute approximate surface area is 156 Å². The van der Waals surface area contributed by atoms with Crippen LogP contribution in [0.2, 0.25) is 0 Å². The molecule has 1 heterocycles. The predicted octanol–water partition coefficient (Wildman–Crippen LogP) is 3.78. The van der Waals surface area contributed by atoms with E-state index in [9.17, 15) is 14.4 Å². The summed E-state index contributed by atoms with van der Waals surface area (Å²) in [6.45, 7) is 4.93. The minimum absolute atomic E-state index is 0.161. The first-order valence-electron chi connectivity index (χ1n) is 8.52. The molecule has 0 aliphatic carbocycles. The fourth-order valence-corrected chi connectivity index (χ4v) is 3.00. The van der Waals surface area contributed by atoms with Gasteiger partial charge < -0.3 is 15.0 Å². The summed E-state index contributed by atoms with van der Waals surface area (Å²) >= 11 is 0. The lowest BCUT2D eigenvalue weighted by molar-refractivity contribution is -0.119. The highest BCUT2D eigenvalue weighted by Gasteiger charge is 2.15. The fourth-order valence-electron chi connectivity index (χ4n) is 3.00. The second kappa shape index (κ2) is 7.45. The largest absolute Gasteiger partial charge is 0.451 e. The SMILES string of the molecule is CC(=O)c1ccccc1NC(=O)COC(=O)c1cc2c(C)cc(C)cc2[nH]1. The van der Waals surface area contributed by atoms with Crippen molar-refractivity contribution < 1.29 is 19.1 Å². The maximum Gasteiger partial charge on any atom is 0.355 e. The summed E-state index contributed by atoms with van der Waals surface area (Å²) in [6, 6.07) is 12.4. The molecule has 138 valence electrons. The van der Waals surface area contributed by atoms with E-state index >= 15 is 0 Å². The molecule has 6 heteroatoms. The molecule has 2 aromatic carbocycles. The molecule has 3 rings (SSSR count). The molecule has 1 amide bonds. The number of rotatable bonds is 5.